The molecule has 1 fully saturated rings. The number of nitrogens with zero attached hydrogens (tertiary/aromatic N) is 1. The van der Waals surface area contributed by atoms with Crippen LogP contribution < -0.4 is 10.1 Å². The van der Waals surface area contributed by atoms with E-state index in [2.05, 4.69) is 40.3 Å². The second-order valence-corrected chi connectivity index (χ2v) is 8.28. The molecule has 4 rings (SSSR count). The number of nitrogens with one attached hydrogen (secondary N) is 1. The number of piperidine rings is 1. The van der Waals surface area contributed by atoms with E-state index in [1.54, 1.807) is 7.11 Å². The Morgan fingerprint density at radius 2 is 2.00 bits per heavy atom. The first-order chi connectivity index (χ1) is 13.0. The molecule has 27 heavy (non-hydrogen) atoms. The number of hydrogen-bond donors (Lipinski definition) is 1. The van der Waals surface area contributed by atoms with Crippen LogP contribution in [0.5, 0.6) is 5.75 Å². The van der Waals surface area contributed by atoms with Crippen molar-refractivity contribution in [1.82, 2.24) is 4.90 Å². The van der Waals surface area contributed by atoms with Crippen LogP contribution in [0.15, 0.2) is 46.9 Å². The topological polar surface area (TPSA) is 24.5 Å². The molecule has 0 bridgehead atoms. The molecule has 6 heteroatoms. The maximum Gasteiger partial charge on any atom is 0.251 e. The van der Waals surface area contributed by atoms with Gasteiger partial charge in [0.1, 0.15) is 5.75 Å². The lowest BCUT2D eigenvalue weighted by Gasteiger charge is -2.47. The summed E-state index contributed by atoms with van der Waals surface area (Å²) in [5.41, 5.74) is 3.33. The average Bonchev–Trinajstić information content (AvgIpc) is 3.00. The molecule has 1 saturated heterocycles. The highest BCUT2D eigenvalue weighted by Crippen LogP contribution is 2.51. The Morgan fingerprint density at radius 1 is 1.22 bits per heavy atom. The number of ether oxygens (including phenoxy) is 1. The number of anilines is 1. The number of para-hydroxylation sites is 1. The highest BCUT2D eigenvalue weighted by Gasteiger charge is 2.48. The Bertz CT molecular complexity index is 832. The lowest BCUT2D eigenvalue weighted by atomic mass is 9.78. The molecule has 0 aliphatic carbocycles. The van der Waals surface area contributed by atoms with E-state index >= 15 is 0 Å². The fourth-order valence-corrected chi connectivity index (χ4v) is 5.12. The fourth-order valence-electron chi connectivity index (χ4n) is 4.74. The summed E-state index contributed by atoms with van der Waals surface area (Å²) in [6.07, 6.45) is -1.53. The van der Waals surface area contributed by atoms with Gasteiger partial charge < -0.3 is 10.1 Å². The molecule has 144 valence electrons. The number of likely N-dealkylation sites (tertiary alicyclic amines) is 1. The average molecular weight is 437 g/mol. The molecule has 2 aromatic rings. The zero-order chi connectivity index (χ0) is 19.1. The molecule has 0 spiro atoms. The highest BCUT2D eigenvalue weighted by atomic mass is 79.9. The van der Waals surface area contributed by atoms with Crippen LogP contribution in [-0.4, -0.2) is 37.1 Å². The second-order valence-electron chi connectivity index (χ2n) is 7.37. The number of benzene rings is 2. The normalized spacial score (nSPS) is 27.2. The molecular formula is C21H23BrF2N2O. The summed E-state index contributed by atoms with van der Waals surface area (Å²) in [7, 11) is 1.63. The van der Waals surface area contributed by atoms with E-state index < -0.39 is 6.43 Å². The van der Waals surface area contributed by atoms with Crippen LogP contribution in [0.1, 0.15) is 36.4 Å². The molecule has 3 nitrogen and oxygen atoms in total. The molecule has 0 saturated carbocycles. The highest BCUT2D eigenvalue weighted by molar-refractivity contribution is 9.10. The maximum absolute atomic E-state index is 13.4. The van der Waals surface area contributed by atoms with Crippen LogP contribution in [0.3, 0.4) is 0 Å². The molecule has 2 aliphatic rings. The fraction of sp³-hybridized carbons (Fsp3) is 0.429. The molecule has 1 N–H and O–H groups in total. The quantitative estimate of drug-likeness (QED) is 0.690. The van der Waals surface area contributed by atoms with Crippen LogP contribution in [-0.2, 0) is 0 Å². The molecule has 0 amide bonds. The van der Waals surface area contributed by atoms with Crippen molar-refractivity contribution in [3.8, 4) is 5.75 Å². The monoisotopic (exact) mass is 436 g/mol. The summed E-state index contributed by atoms with van der Waals surface area (Å²) in [5, 5.41) is 3.62. The minimum Gasteiger partial charge on any atom is -0.496 e. The summed E-state index contributed by atoms with van der Waals surface area (Å²) in [5.74, 6) is 1.02. The first kappa shape index (κ1) is 18.7. The predicted octanol–water partition coefficient (Wildman–Crippen LogP) is 5.44. The van der Waals surface area contributed by atoms with Gasteiger partial charge in [0.15, 0.2) is 0 Å². The van der Waals surface area contributed by atoms with Gasteiger partial charge in [-0.2, -0.15) is 0 Å². The van der Waals surface area contributed by atoms with Gasteiger partial charge in [-0.3, -0.25) is 4.90 Å². The van der Waals surface area contributed by atoms with E-state index in [-0.39, 0.29) is 24.7 Å². The summed E-state index contributed by atoms with van der Waals surface area (Å²) in [4.78, 5) is 1.94. The van der Waals surface area contributed by atoms with Gasteiger partial charge in [-0.05, 0) is 43.2 Å². The van der Waals surface area contributed by atoms with Crippen molar-refractivity contribution in [3.05, 3.63) is 58.1 Å². The Balaban J connectivity index is 1.82. The minimum absolute atomic E-state index is 0.0283. The van der Waals surface area contributed by atoms with Gasteiger partial charge >= 0.3 is 0 Å². The number of hydrogen-bond acceptors (Lipinski definition) is 3. The first-order valence-electron chi connectivity index (χ1n) is 9.22. The number of fused-ring (bicyclic) bond motifs is 3. The smallest absolute Gasteiger partial charge is 0.251 e. The molecule has 4 atom stereocenters. The van der Waals surface area contributed by atoms with E-state index in [0.717, 1.165) is 27.9 Å². The van der Waals surface area contributed by atoms with Crippen molar-refractivity contribution in [3.63, 3.8) is 0 Å². The largest absolute Gasteiger partial charge is 0.496 e. The molecule has 2 unspecified atom stereocenters. The SMILES string of the molecule is COc1ccc(Br)cc1[C@@H]1C2Nc3ccccc3C2C[C@@H](C)N1CC(F)F. The van der Waals surface area contributed by atoms with Crippen molar-refractivity contribution >= 4 is 21.6 Å². The molecule has 0 radical (unpaired) electrons. The zero-order valence-electron chi connectivity index (χ0n) is 15.3. The van der Waals surface area contributed by atoms with Crippen LogP contribution in [0.4, 0.5) is 14.5 Å². The standard InChI is InChI=1S/C21H23BrF2N2O/c1-12-9-15-14-5-3-4-6-17(14)25-20(15)21(26(12)11-19(23)24)16-10-13(22)7-8-18(16)27-2/h3-8,10,12,15,19-21,25H,9,11H2,1-2H3/t12-,15?,20?,21-/m1/s1. The maximum atomic E-state index is 13.4. The number of rotatable bonds is 4. The molecule has 2 aromatic carbocycles. The minimum atomic E-state index is -2.38. The number of alkyl halides is 2. The van der Waals surface area contributed by atoms with Crippen molar-refractivity contribution in [2.75, 3.05) is 19.0 Å². The number of methoxy groups -OCH3 is 1. The summed E-state index contributed by atoms with van der Waals surface area (Å²) >= 11 is 3.54. The lowest BCUT2D eigenvalue weighted by Crippen LogP contribution is -2.52. The Kier molecular flexibility index (Phi) is 5.12. The van der Waals surface area contributed by atoms with E-state index in [4.69, 9.17) is 4.74 Å². The zero-order valence-corrected chi connectivity index (χ0v) is 16.9. The van der Waals surface area contributed by atoms with Crippen LogP contribution in [0.2, 0.25) is 0 Å². The van der Waals surface area contributed by atoms with Gasteiger partial charge in [0.2, 0.25) is 0 Å². The third-order valence-electron chi connectivity index (χ3n) is 5.83. The van der Waals surface area contributed by atoms with Crippen molar-refractivity contribution in [1.29, 1.82) is 0 Å². The second kappa shape index (κ2) is 7.40. The van der Waals surface area contributed by atoms with Crippen molar-refractivity contribution < 1.29 is 13.5 Å². The molecular weight excluding hydrogens is 414 g/mol. The van der Waals surface area contributed by atoms with Crippen molar-refractivity contribution in [2.45, 2.75) is 43.8 Å². The van der Waals surface area contributed by atoms with Crippen LogP contribution >= 0.6 is 15.9 Å². The Hall–Kier alpha value is -1.66. The van der Waals surface area contributed by atoms with Crippen molar-refractivity contribution in [2.24, 2.45) is 0 Å². The third-order valence-corrected chi connectivity index (χ3v) is 6.33. The lowest BCUT2D eigenvalue weighted by molar-refractivity contribution is 0.00929. The van der Waals surface area contributed by atoms with E-state index in [1.165, 1.54) is 5.56 Å². The Labute approximate surface area is 166 Å². The summed E-state index contributed by atoms with van der Waals surface area (Å²) in [6.45, 7) is 1.81. The summed E-state index contributed by atoms with van der Waals surface area (Å²) in [6, 6.07) is 14.0. The number of halogens is 3. The molecule has 2 heterocycles. The van der Waals surface area contributed by atoms with Gasteiger partial charge in [0, 0.05) is 27.7 Å². The first-order valence-corrected chi connectivity index (χ1v) is 10.0. The van der Waals surface area contributed by atoms with Gasteiger partial charge in [0.05, 0.1) is 25.7 Å². The van der Waals surface area contributed by atoms with E-state index in [9.17, 15) is 8.78 Å². The van der Waals surface area contributed by atoms with E-state index in [1.807, 2.05) is 35.2 Å². The van der Waals surface area contributed by atoms with Crippen LogP contribution in [0, 0.1) is 0 Å². The molecule has 2 aliphatic heterocycles. The Morgan fingerprint density at radius 3 is 2.74 bits per heavy atom. The van der Waals surface area contributed by atoms with Gasteiger partial charge in [0.25, 0.3) is 6.43 Å². The van der Waals surface area contributed by atoms with Gasteiger partial charge in [-0.25, -0.2) is 8.78 Å². The summed E-state index contributed by atoms with van der Waals surface area (Å²) < 4.78 is 33.4. The van der Waals surface area contributed by atoms with Gasteiger partial charge in [-0.15, -0.1) is 0 Å². The third kappa shape index (κ3) is 3.34. The van der Waals surface area contributed by atoms with Crippen LogP contribution in [0.25, 0.3) is 0 Å². The van der Waals surface area contributed by atoms with E-state index in [0.29, 0.717) is 5.92 Å². The van der Waals surface area contributed by atoms with Gasteiger partial charge in [-0.1, -0.05) is 34.1 Å². The molecule has 0 aromatic heterocycles. The predicted molar refractivity (Wildman–Crippen MR) is 107 cm³/mol.